The molecule has 0 radical (unpaired) electrons. The highest BCUT2D eigenvalue weighted by Gasteiger charge is 2.12. The van der Waals surface area contributed by atoms with Gasteiger partial charge in [0.05, 0.1) is 25.3 Å². The Balaban J connectivity index is 1.91. The fourth-order valence-electron chi connectivity index (χ4n) is 4.37. The molecule has 34 heavy (non-hydrogen) atoms. The van der Waals surface area contributed by atoms with E-state index in [4.69, 9.17) is 18.9 Å². The molecule has 0 amide bonds. The summed E-state index contributed by atoms with van der Waals surface area (Å²) < 4.78 is 17.3. The molecular formula is C29H32N2O3. The van der Waals surface area contributed by atoms with Gasteiger partial charge >= 0.3 is 0 Å². The highest BCUT2D eigenvalue weighted by Crippen LogP contribution is 2.33. The second-order valence-electron chi connectivity index (χ2n) is 8.32. The Hall–Kier alpha value is -3.73. The summed E-state index contributed by atoms with van der Waals surface area (Å²) in [5.74, 6) is 2.05. The summed E-state index contributed by atoms with van der Waals surface area (Å²) in [6, 6.07) is 20.4. The first-order valence-electron chi connectivity index (χ1n) is 11.6. The van der Waals surface area contributed by atoms with E-state index in [9.17, 15) is 0 Å². The van der Waals surface area contributed by atoms with Crippen LogP contribution in [0.1, 0.15) is 25.0 Å². The third-order valence-corrected chi connectivity index (χ3v) is 6.08. The Bertz CT molecular complexity index is 1370. The van der Waals surface area contributed by atoms with Gasteiger partial charge in [-0.2, -0.15) is 0 Å². The third-order valence-electron chi connectivity index (χ3n) is 6.08. The number of benzene rings is 3. The predicted molar refractivity (Wildman–Crippen MR) is 139 cm³/mol. The number of hydrogen-bond donors (Lipinski definition) is 0. The van der Waals surface area contributed by atoms with Gasteiger partial charge in [-0.15, -0.1) is 0 Å². The van der Waals surface area contributed by atoms with Crippen molar-refractivity contribution < 1.29 is 13.9 Å². The molecule has 0 unspecified atom stereocenters. The summed E-state index contributed by atoms with van der Waals surface area (Å²) in [6.07, 6.45) is 0. The van der Waals surface area contributed by atoms with E-state index in [1.165, 1.54) is 5.69 Å². The van der Waals surface area contributed by atoms with E-state index in [0.717, 1.165) is 57.6 Å². The number of nitrogens with zero attached hydrogens (tertiary/aromatic N) is 2. The van der Waals surface area contributed by atoms with Crippen LogP contribution in [0, 0.1) is 13.8 Å². The Labute approximate surface area is 201 Å². The van der Waals surface area contributed by atoms with Crippen molar-refractivity contribution in [1.29, 1.82) is 0 Å². The Kier molecular flexibility index (Phi) is 6.92. The topological polar surface area (TPSA) is 47.2 Å². The van der Waals surface area contributed by atoms with Crippen LogP contribution in [0.4, 0.5) is 11.4 Å². The molecule has 0 atom stereocenters. The van der Waals surface area contributed by atoms with E-state index in [-0.39, 0.29) is 0 Å². The molecule has 0 saturated carbocycles. The molecule has 3 aromatic carbocycles. The number of ether oxygens (including phenoxy) is 2. The van der Waals surface area contributed by atoms with E-state index < -0.39 is 0 Å². The molecule has 0 aliphatic heterocycles. The van der Waals surface area contributed by atoms with Crippen molar-refractivity contribution in [2.24, 2.45) is 4.99 Å². The molecule has 0 aliphatic carbocycles. The number of aryl methyl sites for hydroxylation is 2. The molecule has 0 spiro atoms. The lowest BCUT2D eigenvalue weighted by molar-refractivity contribution is 0.355. The number of hydrogen-bond acceptors (Lipinski definition) is 5. The lowest BCUT2D eigenvalue weighted by atomic mass is 10.0. The van der Waals surface area contributed by atoms with Gasteiger partial charge in [-0.3, -0.25) is 0 Å². The van der Waals surface area contributed by atoms with Gasteiger partial charge in [0, 0.05) is 35.8 Å². The average Bonchev–Trinajstić information content (AvgIpc) is 2.84. The molecule has 5 nitrogen and oxygen atoms in total. The van der Waals surface area contributed by atoms with Crippen LogP contribution in [0.3, 0.4) is 0 Å². The van der Waals surface area contributed by atoms with Crippen LogP contribution in [0.15, 0.2) is 70.1 Å². The van der Waals surface area contributed by atoms with Crippen molar-refractivity contribution in [2.45, 2.75) is 27.7 Å². The quantitative estimate of drug-likeness (QED) is 0.306. The maximum Gasteiger partial charge on any atom is 0.161 e. The summed E-state index contributed by atoms with van der Waals surface area (Å²) in [7, 11) is 3.26. The zero-order chi connectivity index (χ0) is 24.2. The van der Waals surface area contributed by atoms with Gasteiger partial charge in [0.1, 0.15) is 11.3 Å². The molecule has 1 heterocycles. The molecule has 176 valence electrons. The van der Waals surface area contributed by atoms with Crippen LogP contribution < -0.4 is 19.7 Å². The molecular weight excluding hydrogens is 424 g/mol. The standard InChI is InChI=1S/C29H32N2O3/c1-7-31(8-2)23-12-10-22(11-13-23)30-24-18-26(21-9-14-25(32-5)27(17-21)33-6)34-28-16-19(3)15-20(4)29(24)28/h9-18H,7-8H2,1-6H3. The van der Waals surface area contributed by atoms with Gasteiger partial charge in [0.2, 0.25) is 0 Å². The molecule has 0 bridgehead atoms. The van der Waals surface area contributed by atoms with Crippen LogP contribution in [-0.2, 0) is 0 Å². The maximum absolute atomic E-state index is 6.38. The second-order valence-corrected chi connectivity index (χ2v) is 8.32. The van der Waals surface area contributed by atoms with Crippen LogP contribution in [-0.4, -0.2) is 27.3 Å². The van der Waals surface area contributed by atoms with E-state index >= 15 is 0 Å². The Morgan fingerprint density at radius 2 is 1.53 bits per heavy atom. The maximum atomic E-state index is 6.38. The van der Waals surface area contributed by atoms with Gasteiger partial charge < -0.3 is 18.8 Å². The van der Waals surface area contributed by atoms with Gasteiger partial charge in [-0.25, -0.2) is 4.99 Å². The Morgan fingerprint density at radius 3 is 2.18 bits per heavy atom. The van der Waals surface area contributed by atoms with Gasteiger partial charge in [0.15, 0.2) is 11.5 Å². The molecule has 4 aromatic rings. The van der Waals surface area contributed by atoms with Gasteiger partial charge in [-0.05, 0) is 87.4 Å². The molecule has 5 heteroatoms. The van der Waals surface area contributed by atoms with Crippen LogP contribution >= 0.6 is 0 Å². The SMILES string of the molecule is CCN(CC)c1ccc(N=c2cc(-c3ccc(OC)c(OC)c3)oc3cc(C)cc(C)c23)cc1. The first-order valence-corrected chi connectivity index (χ1v) is 11.6. The van der Waals surface area contributed by atoms with E-state index in [1.807, 2.05) is 24.3 Å². The molecule has 0 fully saturated rings. The zero-order valence-electron chi connectivity index (χ0n) is 20.8. The lowest BCUT2D eigenvalue weighted by Crippen LogP contribution is -2.21. The minimum atomic E-state index is 0.654. The monoisotopic (exact) mass is 456 g/mol. The van der Waals surface area contributed by atoms with E-state index in [2.05, 4.69) is 69.0 Å². The number of rotatable bonds is 7. The van der Waals surface area contributed by atoms with Crippen molar-refractivity contribution in [2.75, 3.05) is 32.2 Å². The fourth-order valence-corrected chi connectivity index (χ4v) is 4.37. The van der Waals surface area contributed by atoms with Crippen molar-refractivity contribution in [3.63, 3.8) is 0 Å². The van der Waals surface area contributed by atoms with Crippen molar-refractivity contribution >= 4 is 22.3 Å². The second kappa shape index (κ2) is 10.0. The van der Waals surface area contributed by atoms with Crippen LogP contribution in [0.2, 0.25) is 0 Å². The molecule has 1 aromatic heterocycles. The zero-order valence-corrected chi connectivity index (χ0v) is 20.8. The Morgan fingerprint density at radius 1 is 0.824 bits per heavy atom. The minimum Gasteiger partial charge on any atom is -0.493 e. The minimum absolute atomic E-state index is 0.654. The first kappa shape index (κ1) is 23.4. The molecule has 0 aliphatic rings. The molecule has 4 rings (SSSR count). The van der Waals surface area contributed by atoms with E-state index in [0.29, 0.717) is 11.5 Å². The van der Waals surface area contributed by atoms with Crippen molar-refractivity contribution in [3.8, 4) is 22.8 Å². The summed E-state index contributed by atoms with van der Waals surface area (Å²) in [6.45, 7) is 10.5. The third kappa shape index (κ3) is 4.65. The summed E-state index contributed by atoms with van der Waals surface area (Å²) in [4.78, 5) is 7.36. The molecule has 0 N–H and O–H groups in total. The summed E-state index contributed by atoms with van der Waals surface area (Å²) in [5.41, 5.74) is 6.09. The molecule has 0 saturated heterocycles. The van der Waals surface area contributed by atoms with Crippen molar-refractivity contribution in [1.82, 2.24) is 0 Å². The van der Waals surface area contributed by atoms with Crippen molar-refractivity contribution in [3.05, 3.63) is 77.1 Å². The predicted octanol–water partition coefficient (Wildman–Crippen LogP) is 6.81. The lowest BCUT2D eigenvalue weighted by Gasteiger charge is -2.20. The normalized spacial score (nSPS) is 11.6. The largest absolute Gasteiger partial charge is 0.493 e. The van der Waals surface area contributed by atoms with Gasteiger partial charge in [-0.1, -0.05) is 6.07 Å². The van der Waals surface area contributed by atoms with Crippen LogP contribution in [0.25, 0.3) is 22.3 Å². The highest BCUT2D eigenvalue weighted by atomic mass is 16.5. The fraction of sp³-hybridized carbons (Fsp3) is 0.276. The number of fused-ring (bicyclic) bond motifs is 1. The summed E-state index contributed by atoms with van der Waals surface area (Å²) in [5, 5.41) is 1.89. The van der Waals surface area contributed by atoms with Crippen LogP contribution in [0.5, 0.6) is 11.5 Å². The number of methoxy groups -OCH3 is 2. The summed E-state index contributed by atoms with van der Waals surface area (Å²) >= 11 is 0. The van der Waals surface area contributed by atoms with Gasteiger partial charge in [0.25, 0.3) is 0 Å². The number of anilines is 1. The van der Waals surface area contributed by atoms with E-state index in [1.54, 1.807) is 14.2 Å². The smallest absolute Gasteiger partial charge is 0.161 e. The highest BCUT2D eigenvalue weighted by molar-refractivity contribution is 5.83. The average molecular weight is 457 g/mol. The first-order chi connectivity index (χ1) is 16.5.